The third-order valence-corrected chi connectivity index (χ3v) is 2.61. The fraction of sp³-hybridized carbons (Fsp3) is 0.154. The maximum atomic E-state index is 13.5. The SMILES string of the molecule is Cc1cnc(-c2cccc(F)c2F)cc1CO. The standard InChI is InChI=1S/C13H11F2NO/c1-8-6-16-12(5-9(8)7-17)10-3-2-4-11(14)13(10)15/h2-6,17H,7H2,1H3. The minimum Gasteiger partial charge on any atom is -0.392 e. The Morgan fingerprint density at radius 1 is 1.29 bits per heavy atom. The highest BCUT2D eigenvalue weighted by Crippen LogP contribution is 2.24. The molecule has 0 atom stereocenters. The molecule has 2 rings (SSSR count). The first-order chi connectivity index (χ1) is 8.13. The number of nitrogens with zero attached hydrogens (tertiary/aromatic N) is 1. The van der Waals surface area contributed by atoms with Crippen LogP contribution in [0.5, 0.6) is 0 Å². The average molecular weight is 235 g/mol. The van der Waals surface area contributed by atoms with Gasteiger partial charge in [0.1, 0.15) is 0 Å². The van der Waals surface area contributed by atoms with Crippen molar-refractivity contribution in [3.05, 3.63) is 53.2 Å². The van der Waals surface area contributed by atoms with Crippen LogP contribution in [0.3, 0.4) is 0 Å². The zero-order valence-electron chi connectivity index (χ0n) is 9.24. The molecule has 0 aliphatic heterocycles. The first kappa shape index (κ1) is 11.7. The predicted molar refractivity (Wildman–Crippen MR) is 60.2 cm³/mol. The topological polar surface area (TPSA) is 33.1 Å². The van der Waals surface area contributed by atoms with Gasteiger partial charge in [0, 0.05) is 11.8 Å². The van der Waals surface area contributed by atoms with E-state index in [0.29, 0.717) is 11.3 Å². The fourth-order valence-corrected chi connectivity index (χ4v) is 1.58. The molecule has 1 aromatic heterocycles. The Bertz CT molecular complexity index is 555. The molecule has 0 fully saturated rings. The summed E-state index contributed by atoms with van der Waals surface area (Å²) in [7, 11) is 0. The summed E-state index contributed by atoms with van der Waals surface area (Å²) in [6.07, 6.45) is 1.53. The third-order valence-electron chi connectivity index (χ3n) is 2.61. The molecule has 0 spiro atoms. The minimum atomic E-state index is -0.923. The quantitative estimate of drug-likeness (QED) is 0.868. The first-order valence-electron chi connectivity index (χ1n) is 5.14. The van der Waals surface area contributed by atoms with Gasteiger partial charge >= 0.3 is 0 Å². The average Bonchev–Trinajstić information content (AvgIpc) is 2.34. The minimum absolute atomic E-state index is 0.0969. The van der Waals surface area contributed by atoms with Crippen molar-refractivity contribution in [2.75, 3.05) is 0 Å². The highest BCUT2D eigenvalue weighted by Gasteiger charge is 2.11. The van der Waals surface area contributed by atoms with Crippen LogP contribution in [0.1, 0.15) is 11.1 Å². The lowest BCUT2D eigenvalue weighted by atomic mass is 10.1. The molecule has 0 radical (unpaired) electrons. The van der Waals surface area contributed by atoms with E-state index in [1.54, 1.807) is 13.0 Å². The maximum Gasteiger partial charge on any atom is 0.168 e. The second-order valence-electron chi connectivity index (χ2n) is 3.76. The lowest BCUT2D eigenvalue weighted by molar-refractivity contribution is 0.281. The number of aromatic nitrogens is 1. The van der Waals surface area contributed by atoms with E-state index in [0.717, 1.165) is 11.6 Å². The fourth-order valence-electron chi connectivity index (χ4n) is 1.58. The summed E-state index contributed by atoms with van der Waals surface area (Å²) in [5.41, 5.74) is 1.88. The van der Waals surface area contributed by atoms with Crippen molar-refractivity contribution in [1.82, 2.24) is 4.98 Å². The molecule has 4 heteroatoms. The van der Waals surface area contributed by atoms with Crippen molar-refractivity contribution in [1.29, 1.82) is 0 Å². The van der Waals surface area contributed by atoms with E-state index in [9.17, 15) is 8.78 Å². The Morgan fingerprint density at radius 3 is 2.76 bits per heavy atom. The highest BCUT2D eigenvalue weighted by atomic mass is 19.2. The summed E-state index contributed by atoms with van der Waals surface area (Å²) >= 11 is 0. The zero-order chi connectivity index (χ0) is 12.4. The van der Waals surface area contributed by atoms with Crippen LogP contribution in [0.15, 0.2) is 30.5 Å². The molecule has 2 nitrogen and oxygen atoms in total. The number of rotatable bonds is 2. The smallest absolute Gasteiger partial charge is 0.168 e. The molecular weight excluding hydrogens is 224 g/mol. The molecule has 0 saturated carbocycles. The Kier molecular flexibility index (Phi) is 3.15. The number of pyridine rings is 1. The first-order valence-corrected chi connectivity index (χ1v) is 5.14. The summed E-state index contributed by atoms with van der Waals surface area (Å²) in [6, 6.07) is 5.50. The summed E-state index contributed by atoms with van der Waals surface area (Å²) in [5, 5.41) is 9.12. The molecule has 0 aliphatic carbocycles. The van der Waals surface area contributed by atoms with E-state index in [1.165, 1.54) is 18.3 Å². The van der Waals surface area contributed by atoms with E-state index < -0.39 is 11.6 Å². The van der Waals surface area contributed by atoms with Crippen molar-refractivity contribution in [3.63, 3.8) is 0 Å². The van der Waals surface area contributed by atoms with Gasteiger partial charge in [-0.3, -0.25) is 4.98 Å². The maximum absolute atomic E-state index is 13.5. The van der Waals surface area contributed by atoms with Crippen molar-refractivity contribution in [3.8, 4) is 11.3 Å². The Hall–Kier alpha value is -1.81. The van der Waals surface area contributed by atoms with Gasteiger partial charge in [0.05, 0.1) is 12.3 Å². The van der Waals surface area contributed by atoms with Gasteiger partial charge in [-0.05, 0) is 36.2 Å². The van der Waals surface area contributed by atoms with E-state index in [-0.39, 0.29) is 12.2 Å². The lowest BCUT2D eigenvalue weighted by Crippen LogP contribution is -1.96. The van der Waals surface area contributed by atoms with Crippen LogP contribution in [-0.2, 0) is 6.61 Å². The lowest BCUT2D eigenvalue weighted by Gasteiger charge is -2.07. The second kappa shape index (κ2) is 4.59. The number of aryl methyl sites for hydroxylation is 1. The van der Waals surface area contributed by atoms with Gasteiger partial charge in [-0.1, -0.05) is 6.07 Å². The molecule has 0 unspecified atom stereocenters. The zero-order valence-corrected chi connectivity index (χ0v) is 9.24. The van der Waals surface area contributed by atoms with Crippen molar-refractivity contribution >= 4 is 0 Å². The number of hydrogen-bond donors (Lipinski definition) is 1. The van der Waals surface area contributed by atoms with E-state index >= 15 is 0 Å². The molecule has 1 heterocycles. The molecule has 0 saturated heterocycles. The molecule has 0 amide bonds. The van der Waals surface area contributed by atoms with Gasteiger partial charge in [-0.15, -0.1) is 0 Å². The van der Waals surface area contributed by atoms with Gasteiger partial charge in [0.15, 0.2) is 11.6 Å². The largest absolute Gasteiger partial charge is 0.392 e. The highest BCUT2D eigenvalue weighted by molar-refractivity contribution is 5.61. The number of aliphatic hydroxyl groups is 1. The number of aliphatic hydroxyl groups excluding tert-OH is 1. The predicted octanol–water partition coefficient (Wildman–Crippen LogP) is 2.83. The van der Waals surface area contributed by atoms with Gasteiger partial charge in [-0.25, -0.2) is 8.78 Å². The van der Waals surface area contributed by atoms with Crippen LogP contribution in [0.2, 0.25) is 0 Å². The van der Waals surface area contributed by atoms with Crippen LogP contribution >= 0.6 is 0 Å². The summed E-state index contributed by atoms with van der Waals surface area (Å²) in [4.78, 5) is 4.04. The van der Waals surface area contributed by atoms with E-state index in [4.69, 9.17) is 5.11 Å². The molecule has 1 N–H and O–H groups in total. The van der Waals surface area contributed by atoms with Crippen LogP contribution in [0.25, 0.3) is 11.3 Å². The number of halogens is 2. The van der Waals surface area contributed by atoms with Crippen molar-refractivity contribution < 1.29 is 13.9 Å². The van der Waals surface area contributed by atoms with Gasteiger partial charge in [0.2, 0.25) is 0 Å². The van der Waals surface area contributed by atoms with Gasteiger partial charge in [-0.2, -0.15) is 0 Å². The molecular formula is C13H11F2NO. The Labute approximate surface area is 97.6 Å². The van der Waals surface area contributed by atoms with Crippen LogP contribution in [-0.4, -0.2) is 10.1 Å². The van der Waals surface area contributed by atoms with E-state index in [1.807, 2.05) is 0 Å². The summed E-state index contributed by atoms with van der Waals surface area (Å²) in [6.45, 7) is 1.64. The molecule has 1 aromatic carbocycles. The molecule has 17 heavy (non-hydrogen) atoms. The Morgan fingerprint density at radius 2 is 2.06 bits per heavy atom. The third kappa shape index (κ3) is 2.17. The van der Waals surface area contributed by atoms with Crippen LogP contribution in [0, 0.1) is 18.6 Å². The van der Waals surface area contributed by atoms with Crippen molar-refractivity contribution in [2.45, 2.75) is 13.5 Å². The van der Waals surface area contributed by atoms with Crippen molar-refractivity contribution in [2.24, 2.45) is 0 Å². The molecule has 88 valence electrons. The molecule has 2 aromatic rings. The second-order valence-corrected chi connectivity index (χ2v) is 3.76. The van der Waals surface area contributed by atoms with Gasteiger partial charge in [0.25, 0.3) is 0 Å². The normalized spacial score (nSPS) is 10.6. The van der Waals surface area contributed by atoms with E-state index in [2.05, 4.69) is 4.98 Å². The monoisotopic (exact) mass is 235 g/mol. The summed E-state index contributed by atoms with van der Waals surface area (Å²) in [5.74, 6) is -1.83. The molecule has 0 bridgehead atoms. The van der Waals surface area contributed by atoms with Crippen LogP contribution in [0.4, 0.5) is 8.78 Å². The van der Waals surface area contributed by atoms with Crippen LogP contribution < -0.4 is 0 Å². The summed E-state index contributed by atoms with van der Waals surface area (Å²) < 4.78 is 26.6. The molecule has 0 aliphatic rings. The number of benzene rings is 1. The Balaban J connectivity index is 2.57. The van der Waals surface area contributed by atoms with Gasteiger partial charge < -0.3 is 5.11 Å². The number of hydrogen-bond acceptors (Lipinski definition) is 2.